The fraction of sp³-hybridized carbons (Fsp3) is 0.609. The molecule has 0 aliphatic carbocycles. The first-order valence-corrected chi connectivity index (χ1v) is 9.69. The molecule has 0 aromatic heterocycles. The lowest BCUT2D eigenvalue weighted by Gasteiger charge is -2.04. The smallest absolute Gasteiger partial charge is 0.330 e. The molecule has 2 nitrogen and oxygen atoms in total. The van der Waals surface area contributed by atoms with Crippen molar-refractivity contribution in [2.45, 2.75) is 86.5 Å². The monoisotopic (exact) mass is 346 g/mol. The Morgan fingerprint density at radius 2 is 1.32 bits per heavy atom. The molecule has 0 bridgehead atoms. The summed E-state index contributed by atoms with van der Waals surface area (Å²) in [5.74, 6) is -0.214. The van der Waals surface area contributed by atoms with Crippen molar-refractivity contribution in [3.63, 3.8) is 0 Å². The van der Waals surface area contributed by atoms with Crippen molar-refractivity contribution >= 4 is 5.97 Å². The van der Waals surface area contributed by atoms with Crippen molar-refractivity contribution in [1.82, 2.24) is 0 Å². The van der Waals surface area contributed by atoms with Gasteiger partial charge in [0.05, 0.1) is 6.61 Å². The van der Waals surface area contributed by atoms with Gasteiger partial charge in [0.25, 0.3) is 0 Å². The van der Waals surface area contributed by atoms with E-state index in [0.717, 1.165) is 50.5 Å². The molecular formula is C23H38O2. The Bertz CT molecular complexity index is 500. The van der Waals surface area contributed by atoms with Gasteiger partial charge < -0.3 is 4.74 Å². The summed E-state index contributed by atoms with van der Waals surface area (Å²) in [4.78, 5) is 11.5. The summed E-state index contributed by atoms with van der Waals surface area (Å²) in [6.45, 7) is 13.1. The highest BCUT2D eigenvalue weighted by Crippen LogP contribution is 2.15. The highest BCUT2D eigenvalue weighted by atomic mass is 16.5. The fourth-order valence-corrected chi connectivity index (χ4v) is 2.54. The molecule has 0 spiro atoms. The lowest BCUT2D eigenvalue weighted by Crippen LogP contribution is -2.01. The Morgan fingerprint density at radius 3 is 1.80 bits per heavy atom. The van der Waals surface area contributed by atoms with Crippen molar-refractivity contribution in [3.8, 4) is 0 Å². The summed E-state index contributed by atoms with van der Waals surface area (Å²) in [7, 11) is 0. The highest BCUT2D eigenvalue weighted by Gasteiger charge is 2.00. The predicted octanol–water partition coefficient (Wildman–Crippen LogP) is 7.09. The molecule has 25 heavy (non-hydrogen) atoms. The van der Waals surface area contributed by atoms with Gasteiger partial charge in [-0.2, -0.15) is 0 Å². The molecule has 0 aromatic carbocycles. The molecule has 0 aliphatic rings. The van der Waals surface area contributed by atoms with E-state index in [0.29, 0.717) is 6.61 Å². The molecule has 0 saturated carbocycles. The first kappa shape index (κ1) is 23.4. The fourth-order valence-electron chi connectivity index (χ4n) is 2.54. The summed E-state index contributed by atoms with van der Waals surface area (Å²) >= 11 is 0. The van der Waals surface area contributed by atoms with E-state index in [-0.39, 0.29) is 5.97 Å². The first-order chi connectivity index (χ1) is 11.9. The Balaban J connectivity index is 4.19. The van der Waals surface area contributed by atoms with E-state index in [1.54, 1.807) is 6.08 Å². The third kappa shape index (κ3) is 14.5. The summed E-state index contributed by atoms with van der Waals surface area (Å²) in [6, 6.07) is 0. The normalized spacial score (nSPS) is 13.0. The van der Waals surface area contributed by atoms with Gasteiger partial charge in [-0.05, 0) is 79.6 Å². The molecule has 0 saturated heterocycles. The number of esters is 1. The quantitative estimate of drug-likeness (QED) is 0.214. The van der Waals surface area contributed by atoms with Gasteiger partial charge in [-0.1, -0.05) is 47.4 Å². The Kier molecular flexibility index (Phi) is 13.8. The van der Waals surface area contributed by atoms with Gasteiger partial charge in [0, 0.05) is 6.08 Å². The van der Waals surface area contributed by atoms with Crippen LogP contribution < -0.4 is 0 Å². The number of carbonyl (C=O) groups is 1. The van der Waals surface area contributed by atoms with Crippen LogP contribution in [0.15, 0.2) is 46.6 Å². The van der Waals surface area contributed by atoms with Crippen LogP contribution >= 0.6 is 0 Å². The average Bonchev–Trinajstić information content (AvgIpc) is 2.53. The lowest BCUT2D eigenvalue weighted by molar-refractivity contribution is -0.137. The lowest BCUT2D eigenvalue weighted by atomic mass is 10.0. The molecule has 0 N–H and O–H groups in total. The van der Waals surface area contributed by atoms with E-state index < -0.39 is 0 Å². The van der Waals surface area contributed by atoms with Crippen LogP contribution in [-0.2, 0) is 9.53 Å². The van der Waals surface area contributed by atoms with Crippen LogP contribution in [-0.4, -0.2) is 12.6 Å². The van der Waals surface area contributed by atoms with Gasteiger partial charge in [-0.3, -0.25) is 0 Å². The maximum atomic E-state index is 11.5. The standard InChI is InChI=1S/C23H38O2/c1-7-22(18-23(24)25-8-2)17-11-16-21(6)15-10-14-20(5)13-9-12-19(3)4/h12,14,16,18H,7-11,13,15,17H2,1-6H3/b20-14+,21-16+,22-18+. The van der Waals surface area contributed by atoms with E-state index in [1.807, 2.05) is 6.92 Å². The first-order valence-electron chi connectivity index (χ1n) is 9.69. The zero-order valence-electron chi connectivity index (χ0n) is 17.3. The molecular weight excluding hydrogens is 308 g/mol. The summed E-state index contributed by atoms with van der Waals surface area (Å²) in [6.07, 6.45) is 16.0. The van der Waals surface area contributed by atoms with Gasteiger partial charge >= 0.3 is 5.97 Å². The van der Waals surface area contributed by atoms with Gasteiger partial charge in [0.1, 0.15) is 0 Å². The van der Waals surface area contributed by atoms with Crippen molar-refractivity contribution in [2.24, 2.45) is 0 Å². The topological polar surface area (TPSA) is 26.3 Å². The van der Waals surface area contributed by atoms with Gasteiger partial charge in [0.2, 0.25) is 0 Å². The van der Waals surface area contributed by atoms with Crippen molar-refractivity contribution in [3.05, 3.63) is 46.6 Å². The number of allylic oxidation sites excluding steroid dienone is 7. The number of rotatable bonds is 12. The second-order valence-electron chi connectivity index (χ2n) is 6.91. The number of ether oxygens (including phenoxy) is 1. The van der Waals surface area contributed by atoms with Crippen molar-refractivity contribution < 1.29 is 9.53 Å². The average molecular weight is 347 g/mol. The van der Waals surface area contributed by atoms with Crippen molar-refractivity contribution in [2.75, 3.05) is 6.61 Å². The Hall–Kier alpha value is -1.57. The molecule has 0 heterocycles. The van der Waals surface area contributed by atoms with Crippen LogP contribution in [0.3, 0.4) is 0 Å². The largest absolute Gasteiger partial charge is 0.463 e. The van der Waals surface area contributed by atoms with Gasteiger partial charge in [-0.15, -0.1) is 0 Å². The molecule has 0 aliphatic heterocycles. The van der Waals surface area contributed by atoms with Gasteiger partial charge in [0.15, 0.2) is 0 Å². The van der Waals surface area contributed by atoms with E-state index in [2.05, 4.69) is 52.8 Å². The Morgan fingerprint density at radius 1 is 0.800 bits per heavy atom. The molecule has 0 fully saturated rings. The zero-order chi connectivity index (χ0) is 19.1. The molecule has 0 amide bonds. The molecule has 0 radical (unpaired) electrons. The van der Waals surface area contributed by atoms with Crippen LogP contribution in [0.4, 0.5) is 0 Å². The number of carbonyl (C=O) groups excluding carboxylic acids is 1. The van der Waals surface area contributed by atoms with Crippen LogP contribution in [0.5, 0.6) is 0 Å². The van der Waals surface area contributed by atoms with E-state index in [9.17, 15) is 4.79 Å². The second kappa shape index (κ2) is 14.7. The molecule has 2 heteroatoms. The van der Waals surface area contributed by atoms with Crippen LogP contribution in [0.25, 0.3) is 0 Å². The Labute approximate surface area is 155 Å². The second-order valence-corrected chi connectivity index (χ2v) is 6.91. The molecule has 0 atom stereocenters. The third-order valence-electron chi connectivity index (χ3n) is 4.14. The van der Waals surface area contributed by atoms with E-state index >= 15 is 0 Å². The molecule has 0 unspecified atom stereocenters. The number of hydrogen-bond donors (Lipinski definition) is 0. The summed E-state index contributed by atoms with van der Waals surface area (Å²) in [5, 5.41) is 0. The van der Waals surface area contributed by atoms with E-state index in [4.69, 9.17) is 4.74 Å². The summed E-state index contributed by atoms with van der Waals surface area (Å²) < 4.78 is 4.98. The van der Waals surface area contributed by atoms with Crippen LogP contribution in [0, 0.1) is 0 Å². The molecule has 0 aromatic rings. The third-order valence-corrected chi connectivity index (χ3v) is 4.14. The highest BCUT2D eigenvalue weighted by molar-refractivity contribution is 5.82. The van der Waals surface area contributed by atoms with Gasteiger partial charge in [-0.25, -0.2) is 4.79 Å². The minimum atomic E-state index is -0.214. The molecule has 0 rings (SSSR count). The zero-order valence-corrected chi connectivity index (χ0v) is 17.3. The van der Waals surface area contributed by atoms with Crippen LogP contribution in [0.1, 0.15) is 86.5 Å². The van der Waals surface area contributed by atoms with Crippen molar-refractivity contribution in [1.29, 1.82) is 0 Å². The maximum Gasteiger partial charge on any atom is 0.330 e. The minimum absolute atomic E-state index is 0.214. The number of hydrogen-bond acceptors (Lipinski definition) is 2. The predicted molar refractivity (Wildman–Crippen MR) is 110 cm³/mol. The maximum absolute atomic E-state index is 11.5. The SMILES string of the molecule is CCOC(=O)/C=C(\CC)CC/C=C(\C)CC/C=C(\C)CCC=C(C)C. The van der Waals surface area contributed by atoms with E-state index in [1.165, 1.54) is 16.7 Å². The molecule has 142 valence electrons. The summed E-state index contributed by atoms with van der Waals surface area (Å²) in [5.41, 5.74) is 5.48. The minimum Gasteiger partial charge on any atom is -0.463 e. The van der Waals surface area contributed by atoms with Crippen LogP contribution in [0.2, 0.25) is 0 Å².